The van der Waals surface area contributed by atoms with Gasteiger partial charge in [0.05, 0.1) is 18.5 Å². The van der Waals surface area contributed by atoms with Crippen LogP contribution in [0.3, 0.4) is 0 Å². The van der Waals surface area contributed by atoms with E-state index in [0.29, 0.717) is 23.8 Å². The number of carbonyl (C=O) groups is 1. The zero-order chi connectivity index (χ0) is 24.7. The van der Waals surface area contributed by atoms with Crippen molar-refractivity contribution in [1.29, 1.82) is 0 Å². The number of quaternary nitrogens is 1. The molecule has 0 radical (unpaired) electrons. The standard InChI is InChI=1S/C31H41N3O2.ClH/c1-33-17-15-26-25(29(33)35)13-8-16-31(26)21-32-20-27(31)30(36)34-18-14-24(22-9-4-2-5-10-22)19-28(34)23-11-6-3-7-12-23;/h2,4-5,9-10,15,17,23-24,27-28,32H,3,6-8,11-14,16,18-21H2,1H3;1H/t24-,27+,28+,31+;/m1./s1. The van der Waals surface area contributed by atoms with Crippen LogP contribution in [0.1, 0.15) is 80.4 Å². The third-order valence-corrected chi connectivity index (χ3v) is 10.2. The van der Waals surface area contributed by atoms with Crippen LogP contribution in [0.25, 0.3) is 0 Å². The van der Waals surface area contributed by atoms with Gasteiger partial charge in [0, 0.05) is 31.4 Å². The van der Waals surface area contributed by atoms with Crippen LogP contribution in [-0.4, -0.2) is 41.1 Å². The van der Waals surface area contributed by atoms with Gasteiger partial charge >= 0.3 is 0 Å². The van der Waals surface area contributed by atoms with Gasteiger partial charge in [0.2, 0.25) is 5.91 Å². The molecule has 3 heterocycles. The molecule has 1 aromatic heterocycles. The van der Waals surface area contributed by atoms with E-state index in [0.717, 1.165) is 57.3 Å². The average molecular weight is 524 g/mol. The van der Waals surface area contributed by atoms with Gasteiger partial charge < -0.3 is 27.2 Å². The van der Waals surface area contributed by atoms with Gasteiger partial charge in [-0.05, 0) is 74.0 Å². The van der Waals surface area contributed by atoms with E-state index >= 15 is 0 Å². The molecule has 2 aliphatic carbocycles. The molecule has 0 unspecified atom stereocenters. The summed E-state index contributed by atoms with van der Waals surface area (Å²) in [5.41, 5.74) is 3.52. The van der Waals surface area contributed by atoms with E-state index < -0.39 is 0 Å². The molecule has 5 nitrogen and oxygen atoms in total. The first-order valence-corrected chi connectivity index (χ1v) is 14.4. The summed E-state index contributed by atoms with van der Waals surface area (Å²) >= 11 is 0. The highest BCUT2D eigenvalue weighted by Gasteiger charge is 2.55. The molecular weight excluding hydrogens is 482 g/mol. The lowest BCUT2D eigenvalue weighted by Crippen LogP contribution is -3.00. The third-order valence-electron chi connectivity index (χ3n) is 10.2. The molecule has 6 heteroatoms. The first-order chi connectivity index (χ1) is 17.6. The van der Waals surface area contributed by atoms with Crippen molar-refractivity contribution in [3.63, 3.8) is 0 Å². The molecular formula is C31H42ClN3O2. The van der Waals surface area contributed by atoms with Crippen molar-refractivity contribution >= 4 is 5.91 Å². The number of nitrogens with zero attached hydrogens (tertiary/aromatic N) is 2. The smallest absolute Gasteiger partial charge is 0.253 e. The Hall–Kier alpha value is -2.11. The number of halogens is 1. The van der Waals surface area contributed by atoms with Crippen LogP contribution in [0.4, 0.5) is 0 Å². The maximum Gasteiger partial charge on any atom is 0.253 e. The summed E-state index contributed by atoms with van der Waals surface area (Å²) in [6.07, 6.45) is 13.4. The number of hydrogen-bond acceptors (Lipinski definition) is 2. The number of aryl methyl sites for hydroxylation is 1. The summed E-state index contributed by atoms with van der Waals surface area (Å²) in [6.45, 7) is 2.65. The predicted molar refractivity (Wildman–Crippen MR) is 142 cm³/mol. The van der Waals surface area contributed by atoms with Crippen molar-refractivity contribution in [3.05, 3.63) is 69.6 Å². The summed E-state index contributed by atoms with van der Waals surface area (Å²) in [7, 11) is 1.85. The molecule has 1 saturated carbocycles. The van der Waals surface area contributed by atoms with Crippen molar-refractivity contribution in [2.75, 3.05) is 19.6 Å². The second-order valence-corrected chi connectivity index (χ2v) is 12.0. The number of benzene rings is 1. The fourth-order valence-electron chi connectivity index (χ4n) is 8.36. The molecule has 3 fully saturated rings. The minimum atomic E-state index is -0.189. The fourth-order valence-corrected chi connectivity index (χ4v) is 8.36. The van der Waals surface area contributed by atoms with E-state index in [4.69, 9.17) is 0 Å². The van der Waals surface area contributed by atoms with Gasteiger partial charge in [0.15, 0.2) is 0 Å². The average Bonchev–Trinajstić information content (AvgIpc) is 3.35. The van der Waals surface area contributed by atoms with Crippen LogP contribution < -0.4 is 23.3 Å². The largest absolute Gasteiger partial charge is 1.00 e. The molecule has 2 N–H and O–H groups in total. The monoisotopic (exact) mass is 523 g/mol. The molecule has 1 spiro atoms. The summed E-state index contributed by atoms with van der Waals surface area (Å²) in [6, 6.07) is 13.5. The topological polar surface area (TPSA) is 58.9 Å². The number of amides is 1. The summed E-state index contributed by atoms with van der Waals surface area (Å²) in [5, 5.41) is 2.35. The Morgan fingerprint density at radius 2 is 1.81 bits per heavy atom. The minimum absolute atomic E-state index is 0. The Labute approximate surface area is 227 Å². The molecule has 2 saturated heterocycles. The maximum absolute atomic E-state index is 14.6. The van der Waals surface area contributed by atoms with Gasteiger partial charge in [0.25, 0.3) is 5.56 Å². The lowest BCUT2D eigenvalue weighted by molar-refractivity contribution is -0.640. The summed E-state index contributed by atoms with van der Waals surface area (Å²) < 4.78 is 1.71. The minimum Gasteiger partial charge on any atom is -1.00 e. The number of pyridine rings is 1. The van der Waals surface area contributed by atoms with Gasteiger partial charge in [-0.25, -0.2) is 0 Å². The quantitative estimate of drug-likeness (QED) is 0.637. The summed E-state index contributed by atoms with van der Waals surface area (Å²) in [4.78, 5) is 29.9. The lowest BCUT2D eigenvalue weighted by atomic mass is 9.64. The second kappa shape index (κ2) is 10.9. The van der Waals surface area contributed by atoms with Crippen molar-refractivity contribution in [1.82, 2.24) is 9.47 Å². The van der Waals surface area contributed by atoms with Crippen molar-refractivity contribution in [3.8, 4) is 0 Å². The number of piperidine rings is 1. The van der Waals surface area contributed by atoms with Gasteiger partial charge in [-0.15, -0.1) is 0 Å². The number of carbonyl (C=O) groups excluding carboxylic acids is 1. The molecule has 2 aromatic rings. The van der Waals surface area contributed by atoms with E-state index in [1.165, 1.54) is 43.2 Å². The highest BCUT2D eigenvalue weighted by molar-refractivity contribution is 5.82. The fraction of sp³-hybridized carbons (Fsp3) is 0.613. The molecule has 1 amide bonds. The predicted octanol–water partition coefficient (Wildman–Crippen LogP) is 0.512. The van der Waals surface area contributed by atoms with E-state index in [1.54, 1.807) is 4.57 Å². The van der Waals surface area contributed by atoms with E-state index in [2.05, 4.69) is 46.6 Å². The van der Waals surface area contributed by atoms with Crippen LogP contribution >= 0.6 is 0 Å². The van der Waals surface area contributed by atoms with Gasteiger partial charge in [-0.2, -0.15) is 0 Å². The van der Waals surface area contributed by atoms with Gasteiger partial charge in [-0.1, -0.05) is 49.6 Å². The Morgan fingerprint density at radius 3 is 2.59 bits per heavy atom. The van der Waals surface area contributed by atoms with E-state index in [-0.39, 0.29) is 29.3 Å². The Morgan fingerprint density at radius 1 is 1.03 bits per heavy atom. The first kappa shape index (κ1) is 26.5. The first-order valence-electron chi connectivity index (χ1n) is 14.4. The highest BCUT2D eigenvalue weighted by Crippen LogP contribution is 2.45. The maximum atomic E-state index is 14.6. The number of rotatable bonds is 3. The van der Waals surface area contributed by atoms with Crippen LogP contribution in [0.5, 0.6) is 0 Å². The number of aromatic nitrogens is 1. The molecule has 1 aromatic carbocycles. The number of hydrogen-bond donors (Lipinski definition) is 1. The van der Waals surface area contributed by atoms with Gasteiger partial charge in [0.1, 0.15) is 5.92 Å². The molecule has 37 heavy (non-hydrogen) atoms. The van der Waals surface area contributed by atoms with E-state index in [9.17, 15) is 9.59 Å². The highest BCUT2D eigenvalue weighted by atomic mass is 35.5. The molecule has 4 atom stereocenters. The normalized spacial score (nSPS) is 30.1. The van der Waals surface area contributed by atoms with Crippen LogP contribution in [0.15, 0.2) is 47.4 Å². The number of nitrogens with two attached hydrogens (primary N) is 1. The molecule has 6 rings (SSSR count). The van der Waals surface area contributed by atoms with Crippen LogP contribution in [0, 0.1) is 11.8 Å². The Kier molecular flexibility index (Phi) is 7.83. The third kappa shape index (κ3) is 4.67. The number of fused-ring (bicyclic) bond motifs is 2. The molecule has 4 aliphatic rings. The van der Waals surface area contributed by atoms with Crippen LogP contribution in [-0.2, 0) is 23.7 Å². The molecule has 200 valence electrons. The zero-order valence-electron chi connectivity index (χ0n) is 22.2. The van der Waals surface area contributed by atoms with Crippen molar-refractivity contribution in [2.24, 2.45) is 18.9 Å². The van der Waals surface area contributed by atoms with Gasteiger partial charge in [-0.3, -0.25) is 9.59 Å². The second-order valence-electron chi connectivity index (χ2n) is 12.0. The van der Waals surface area contributed by atoms with Crippen LogP contribution in [0.2, 0.25) is 0 Å². The van der Waals surface area contributed by atoms with Crippen molar-refractivity contribution < 1.29 is 22.5 Å². The Balaban J connectivity index is 0.00000280. The van der Waals surface area contributed by atoms with Crippen molar-refractivity contribution in [2.45, 2.75) is 81.6 Å². The lowest BCUT2D eigenvalue weighted by Gasteiger charge is -2.47. The Bertz CT molecular complexity index is 1160. The summed E-state index contributed by atoms with van der Waals surface area (Å²) in [5.74, 6) is 1.52. The zero-order valence-corrected chi connectivity index (χ0v) is 23.0. The molecule has 0 bridgehead atoms. The molecule has 2 aliphatic heterocycles. The SMILES string of the molecule is Cn1ccc2c(c1=O)CCC[C@]21C[NH2+]C[C@H]1C(=O)N1CC[C@@H](c2ccccc2)C[C@H]1C1CCCCC1.[Cl-]. The number of likely N-dealkylation sites (tertiary alicyclic amines) is 1. The van der Waals surface area contributed by atoms with E-state index in [1.807, 2.05) is 13.2 Å².